The van der Waals surface area contributed by atoms with Crippen LogP contribution >= 0.6 is 11.6 Å². The molecule has 0 radical (unpaired) electrons. The summed E-state index contributed by atoms with van der Waals surface area (Å²) in [5.41, 5.74) is 2.70. The van der Waals surface area contributed by atoms with Gasteiger partial charge in [0.25, 0.3) is 0 Å². The van der Waals surface area contributed by atoms with E-state index in [1.807, 2.05) is 36.4 Å². The first-order valence-corrected chi connectivity index (χ1v) is 5.85. The summed E-state index contributed by atoms with van der Waals surface area (Å²) < 4.78 is 0. The maximum Gasteiger partial charge on any atom is 0.409 e. The molecule has 2 aromatic rings. The van der Waals surface area contributed by atoms with Crippen LogP contribution in [0, 0.1) is 0 Å². The summed E-state index contributed by atoms with van der Waals surface area (Å²) in [6.07, 6.45) is -0.332. The maximum atomic E-state index is 10.5. The quantitative estimate of drug-likeness (QED) is 0.877. The summed E-state index contributed by atoms with van der Waals surface area (Å²) >= 11 is 6.08. The molecule has 0 aromatic heterocycles. The van der Waals surface area contributed by atoms with Crippen LogP contribution in [0.4, 0.5) is 10.5 Å². The van der Waals surface area contributed by atoms with Crippen molar-refractivity contribution < 1.29 is 9.90 Å². The molecule has 0 saturated heterocycles. The highest BCUT2D eigenvalue weighted by molar-refractivity contribution is 6.31. The highest BCUT2D eigenvalue weighted by atomic mass is 35.5. The molecular formula is C14H12ClNO2. The smallest absolute Gasteiger partial charge is 0.409 e. The van der Waals surface area contributed by atoms with Crippen LogP contribution in [0.25, 0.3) is 0 Å². The van der Waals surface area contributed by atoms with Crippen molar-refractivity contribution in [2.24, 2.45) is 0 Å². The van der Waals surface area contributed by atoms with E-state index >= 15 is 0 Å². The maximum absolute atomic E-state index is 10.5. The van der Waals surface area contributed by atoms with Crippen LogP contribution in [0.1, 0.15) is 11.1 Å². The van der Waals surface area contributed by atoms with E-state index < -0.39 is 6.09 Å². The number of carboxylic acid groups (broad SMARTS) is 1. The number of carbonyl (C=O) groups is 1. The van der Waals surface area contributed by atoms with Gasteiger partial charge in [0.2, 0.25) is 0 Å². The lowest BCUT2D eigenvalue weighted by Crippen LogP contribution is -2.06. The molecule has 0 bridgehead atoms. The third kappa shape index (κ3) is 3.25. The van der Waals surface area contributed by atoms with Gasteiger partial charge < -0.3 is 5.11 Å². The lowest BCUT2D eigenvalue weighted by atomic mass is 10.0. The third-order valence-electron chi connectivity index (χ3n) is 2.56. The Morgan fingerprint density at radius 2 is 1.78 bits per heavy atom. The second-order valence-electron chi connectivity index (χ2n) is 3.90. The van der Waals surface area contributed by atoms with Crippen LogP contribution in [-0.2, 0) is 6.42 Å². The molecule has 0 aliphatic carbocycles. The molecule has 2 aromatic carbocycles. The van der Waals surface area contributed by atoms with Crippen molar-refractivity contribution in [2.45, 2.75) is 6.42 Å². The summed E-state index contributed by atoms with van der Waals surface area (Å²) in [5, 5.41) is 11.6. The molecule has 18 heavy (non-hydrogen) atoms. The molecule has 0 heterocycles. The molecule has 0 unspecified atom stereocenters. The highest BCUT2D eigenvalue weighted by Crippen LogP contribution is 2.19. The molecule has 0 saturated carbocycles. The standard InChI is InChI=1S/C14H12ClNO2/c15-13-4-2-1-3-11(13)9-10-5-7-12(8-6-10)16-14(17)18/h1-8,16H,9H2,(H,17,18). The molecule has 0 fully saturated rings. The van der Waals surface area contributed by atoms with Crippen molar-refractivity contribution in [1.82, 2.24) is 0 Å². The number of rotatable bonds is 3. The molecule has 2 N–H and O–H groups in total. The minimum atomic E-state index is -1.06. The highest BCUT2D eigenvalue weighted by Gasteiger charge is 2.02. The Bertz CT molecular complexity index is 552. The normalized spacial score (nSPS) is 10.1. The zero-order chi connectivity index (χ0) is 13.0. The Labute approximate surface area is 110 Å². The van der Waals surface area contributed by atoms with E-state index in [1.165, 1.54) is 0 Å². The lowest BCUT2D eigenvalue weighted by molar-refractivity contribution is 0.210. The van der Waals surface area contributed by atoms with Gasteiger partial charge in [-0.15, -0.1) is 0 Å². The Hall–Kier alpha value is -2.00. The van der Waals surface area contributed by atoms with Crippen molar-refractivity contribution in [3.63, 3.8) is 0 Å². The van der Waals surface area contributed by atoms with E-state index in [2.05, 4.69) is 5.32 Å². The van der Waals surface area contributed by atoms with E-state index in [1.54, 1.807) is 12.1 Å². The number of hydrogen-bond donors (Lipinski definition) is 2. The summed E-state index contributed by atoms with van der Waals surface area (Å²) in [5.74, 6) is 0. The van der Waals surface area contributed by atoms with Crippen molar-refractivity contribution in [2.75, 3.05) is 5.32 Å². The number of amides is 1. The average molecular weight is 262 g/mol. The zero-order valence-electron chi connectivity index (χ0n) is 9.56. The van der Waals surface area contributed by atoms with Gasteiger partial charge in [-0.2, -0.15) is 0 Å². The topological polar surface area (TPSA) is 49.3 Å². The van der Waals surface area contributed by atoms with Gasteiger partial charge in [0, 0.05) is 10.7 Å². The van der Waals surface area contributed by atoms with Gasteiger partial charge >= 0.3 is 6.09 Å². The minimum absolute atomic E-state index is 0.561. The average Bonchev–Trinajstić information content (AvgIpc) is 2.34. The summed E-state index contributed by atoms with van der Waals surface area (Å²) in [4.78, 5) is 10.5. The van der Waals surface area contributed by atoms with E-state index in [9.17, 15) is 4.79 Å². The first-order valence-electron chi connectivity index (χ1n) is 5.47. The Morgan fingerprint density at radius 3 is 2.39 bits per heavy atom. The van der Waals surface area contributed by atoms with Crippen molar-refractivity contribution in [3.05, 3.63) is 64.7 Å². The van der Waals surface area contributed by atoms with E-state index in [0.29, 0.717) is 5.69 Å². The Morgan fingerprint density at radius 1 is 1.11 bits per heavy atom. The fourth-order valence-electron chi connectivity index (χ4n) is 1.69. The molecular weight excluding hydrogens is 250 g/mol. The second kappa shape index (κ2) is 5.56. The molecule has 1 amide bonds. The van der Waals surface area contributed by atoms with Gasteiger partial charge in [-0.25, -0.2) is 4.79 Å². The lowest BCUT2D eigenvalue weighted by Gasteiger charge is -2.05. The van der Waals surface area contributed by atoms with Gasteiger partial charge in [-0.05, 0) is 35.7 Å². The van der Waals surface area contributed by atoms with Crippen molar-refractivity contribution in [3.8, 4) is 0 Å². The first-order chi connectivity index (χ1) is 8.65. The third-order valence-corrected chi connectivity index (χ3v) is 2.93. The monoisotopic (exact) mass is 261 g/mol. The molecule has 0 aliphatic heterocycles. The predicted octanol–water partition coefficient (Wildman–Crippen LogP) is 4.02. The number of hydrogen-bond acceptors (Lipinski definition) is 1. The van der Waals surface area contributed by atoms with E-state index in [4.69, 9.17) is 16.7 Å². The number of nitrogens with one attached hydrogen (secondary N) is 1. The van der Waals surface area contributed by atoms with Crippen LogP contribution in [-0.4, -0.2) is 11.2 Å². The predicted molar refractivity (Wildman–Crippen MR) is 72.3 cm³/mol. The largest absolute Gasteiger partial charge is 0.465 e. The fourth-order valence-corrected chi connectivity index (χ4v) is 1.89. The Kier molecular flexibility index (Phi) is 3.85. The molecule has 4 heteroatoms. The number of benzene rings is 2. The summed E-state index contributed by atoms with van der Waals surface area (Å²) in [6.45, 7) is 0. The molecule has 0 atom stereocenters. The molecule has 92 valence electrons. The number of halogens is 1. The molecule has 0 aliphatic rings. The molecule has 3 nitrogen and oxygen atoms in total. The summed E-state index contributed by atoms with van der Waals surface area (Å²) in [7, 11) is 0. The molecule has 0 spiro atoms. The van der Waals surface area contributed by atoms with Crippen LogP contribution in [0.15, 0.2) is 48.5 Å². The van der Waals surface area contributed by atoms with Gasteiger partial charge in [0.15, 0.2) is 0 Å². The molecule has 2 rings (SSSR count). The van der Waals surface area contributed by atoms with Crippen LogP contribution in [0.3, 0.4) is 0 Å². The van der Waals surface area contributed by atoms with Crippen LogP contribution < -0.4 is 5.32 Å². The van der Waals surface area contributed by atoms with Gasteiger partial charge in [-0.1, -0.05) is 41.9 Å². The SMILES string of the molecule is O=C(O)Nc1ccc(Cc2ccccc2Cl)cc1. The van der Waals surface area contributed by atoms with Crippen molar-refractivity contribution in [1.29, 1.82) is 0 Å². The Balaban J connectivity index is 2.11. The first kappa shape index (κ1) is 12.5. The van der Waals surface area contributed by atoms with Crippen molar-refractivity contribution >= 4 is 23.4 Å². The number of anilines is 1. The summed E-state index contributed by atoms with van der Waals surface area (Å²) in [6, 6.07) is 14.9. The minimum Gasteiger partial charge on any atom is -0.465 e. The van der Waals surface area contributed by atoms with Crippen LogP contribution in [0.2, 0.25) is 5.02 Å². The van der Waals surface area contributed by atoms with Crippen LogP contribution in [0.5, 0.6) is 0 Å². The van der Waals surface area contributed by atoms with Gasteiger partial charge in [0.05, 0.1) is 0 Å². The van der Waals surface area contributed by atoms with Gasteiger partial charge in [-0.3, -0.25) is 5.32 Å². The second-order valence-corrected chi connectivity index (χ2v) is 4.30. The zero-order valence-corrected chi connectivity index (χ0v) is 10.3. The van der Waals surface area contributed by atoms with E-state index in [0.717, 1.165) is 22.6 Å². The van der Waals surface area contributed by atoms with Gasteiger partial charge in [0.1, 0.15) is 0 Å². The van der Waals surface area contributed by atoms with E-state index in [-0.39, 0.29) is 0 Å². The fraction of sp³-hybridized carbons (Fsp3) is 0.0714.